The summed E-state index contributed by atoms with van der Waals surface area (Å²) in [6.45, 7) is 2.58. The monoisotopic (exact) mass is 391 g/mol. The van der Waals surface area contributed by atoms with Crippen LogP contribution in [0.1, 0.15) is 18.4 Å². The Hall–Kier alpha value is -1.76. The number of benzene rings is 2. The number of hydrogen-bond acceptors (Lipinski definition) is 3. The molecule has 1 saturated heterocycles. The maximum absolute atomic E-state index is 12.9. The molecule has 5 nitrogen and oxygen atoms in total. The molecule has 0 saturated carbocycles. The average molecular weight is 392 g/mol. The molecule has 0 bridgehead atoms. The van der Waals surface area contributed by atoms with Crippen molar-refractivity contribution >= 4 is 33.2 Å². The minimum atomic E-state index is -3.48. The highest BCUT2D eigenvalue weighted by atomic mass is 35.5. The first-order chi connectivity index (χ1) is 12.5. The third kappa shape index (κ3) is 3.06. The number of likely N-dealkylation sites (tertiary alicyclic amines) is 1. The van der Waals surface area contributed by atoms with Crippen LogP contribution in [0.5, 0.6) is 0 Å². The second kappa shape index (κ2) is 6.76. The lowest BCUT2D eigenvalue weighted by Crippen LogP contribution is -2.48. The van der Waals surface area contributed by atoms with Gasteiger partial charge >= 0.3 is 10.2 Å². The molecule has 26 heavy (non-hydrogen) atoms. The van der Waals surface area contributed by atoms with Gasteiger partial charge in [0.05, 0.1) is 11.4 Å². The Morgan fingerprint density at radius 3 is 2.42 bits per heavy atom. The first-order valence-corrected chi connectivity index (χ1v) is 10.6. The van der Waals surface area contributed by atoms with Crippen LogP contribution in [-0.4, -0.2) is 39.5 Å². The van der Waals surface area contributed by atoms with E-state index in [1.165, 1.54) is 9.87 Å². The van der Waals surface area contributed by atoms with Gasteiger partial charge in [0, 0.05) is 37.7 Å². The van der Waals surface area contributed by atoms with Gasteiger partial charge in [0.2, 0.25) is 0 Å². The Balaban J connectivity index is 1.48. The van der Waals surface area contributed by atoms with E-state index in [9.17, 15) is 8.42 Å². The maximum Gasteiger partial charge on any atom is 0.326 e. The summed E-state index contributed by atoms with van der Waals surface area (Å²) in [5.41, 5.74) is 2.74. The Morgan fingerprint density at radius 1 is 1.04 bits per heavy atom. The Bertz CT molecular complexity index is 911. The van der Waals surface area contributed by atoms with E-state index in [2.05, 4.69) is 11.0 Å². The predicted molar refractivity (Wildman–Crippen MR) is 106 cm³/mol. The van der Waals surface area contributed by atoms with Crippen molar-refractivity contribution in [3.63, 3.8) is 0 Å². The lowest BCUT2D eigenvalue weighted by Gasteiger charge is -2.36. The van der Waals surface area contributed by atoms with Gasteiger partial charge in [0.1, 0.15) is 0 Å². The third-order valence-electron chi connectivity index (χ3n) is 5.24. The van der Waals surface area contributed by atoms with Gasteiger partial charge in [-0.25, -0.2) is 4.31 Å². The van der Waals surface area contributed by atoms with Crippen LogP contribution >= 0.6 is 11.6 Å². The van der Waals surface area contributed by atoms with E-state index < -0.39 is 10.2 Å². The molecule has 2 aromatic carbocycles. The first kappa shape index (κ1) is 17.6. The highest BCUT2D eigenvalue weighted by Crippen LogP contribution is 2.42. The molecule has 0 radical (unpaired) electrons. The molecule has 138 valence electrons. The molecule has 0 spiro atoms. The van der Waals surface area contributed by atoms with E-state index >= 15 is 0 Å². The fraction of sp³-hybridized carbons (Fsp3) is 0.368. The average Bonchev–Trinajstić information content (AvgIpc) is 2.83. The standard InChI is InChI=1S/C19H22ClN3O2S/c1-21-18-7-2-3-8-19(18)23(26(21,24)25)17-9-11-22(12-10-17)14-15-5-4-6-16(20)13-15/h2-8,13,17H,9-12,14H2,1H3. The Morgan fingerprint density at radius 2 is 1.73 bits per heavy atom. The van der Waals surface area contributed by atoms with Crippen LogP contribution < -0.4 is 8.61 Å². The Labute approximate surface area is 160 Å². The van der Waals surface area contributed by atoms with Gasteiger partial charge in [-0.3, -0.25) is 9.21 Å². The Kier molecular flexibility index (Phi) is 4.59. The van der Waals surface area contributed by atoms with Crippen LogP contribution in [0.25, 0.3) is 0 Å². The van der Waals surface area contributed by atoms with Crippen molar-refractivity contribution in [3.05, 3.63) is 59.1 Å². The molecule has 2 aliphatic heterocycles. The van der Waals surface area contributed by atoms with Crippen molar-refractivity contribution < 1.29 is 8.42 Å². The molecule has 2 heterocycles. The van der Waals surface area contributed by atoms with Gasteiger partial charge < -0.3 is 0 Å². The molecular formula is C19H22ClN3O2S. The molecule has 7 heteroatoms. The van der Waals surface area contributed by atoms with Gasteiger partial charge in [-0.1, -0.05) is 35.9 Å². The van der Waals surface area contributed by atoms with Crippen LogP contribution in [0, 0.1) is 0 Å². The predicted octanol–water partition coefficient (Wildman–Crippen LogP) is 3.51. The van der Waals surface area contributed by atoms with E-state index in [0.29, 0.717) is 0 Å². The van der Waals surface area contributed by atoms with Gasteiger partial charge in [-0.05, 0) is 42.7 Å². The number of fused-ring (bicyclic) bond motifs is 1. The van der Waals surface area contributed by atoms with Crippen molar-refractivity contribution in [3.8, 4) is 0 Å². The van der Waals surface area contributed by atoms with E-state index in [1.807, 2.05) is 42.5 Å². The summed E-state index contributed by atoms with van der Waals surface area (Å²) >= 11 is 6.07. The van der Waals surface area contributed by atoms with Crippen molar-refractivity contribution in [1.82, 2.24) is 4.90 Å². The molecule has 0 N–H and O–H groups in total. The summed E-state index contributed by atoms with van der Waals surface area (Å²) in [5, 5.41) is 0.750. The summed E-state index contributed by atoms with van der Waals surface area (Å²) in [6, 6.07) is 15.4. The molecule has 1 fully saturated rings. The number of rotatable bonds is 3. The number of piperidine rings is 1. The summed E-state index contributed by atoms with van der Waals surface area (Å²) in [5.74, 6) is 0. The van der Waals surface area contributed by atoms with Crippen LogP contribution in [0.2, 0.25) is 5.02 Å². The van der Waals surface area contributed by atoms with Crippen molar-refractivity contribution in [2.45, 2.75) is 25.4 Å². The zero-order valence-corrected chi connectivity index (χ0v) is 16.2. The van der Waals surface area contributed by atoms with E-state index in [-0.39, 0.29) is 6.04 Å². The van der Waals surface area contributed by atoms with Crippen LogP contribution in [0.4, 0.5) is 11.4 Å². The van der Waals surface area contributed by atoms with Crippen molar-refractivity contribution in [2.75, 3.05) is 28.7 Å². The summed E-state index contributed by atoms with van der Waals surface area (Å²) < 4.78 is 28.8. The third-order valence-corrected chi connectivity index (χ3v) is 7.35. The number of nitrogens with zero attached hydrogens (tertiary/aromatic N) is 3. The molecule has 4 rings (SSSR count). The van der Waals surface area contributed by atoms with Gasteiger partial charge in [-0.15, -0.1) is 0 Å². The second-order valence-electron chi connectivity index (χ2n) is 6.90. The lowest BCUT2D eigenvalue weighted by molar-refractivity contribution is 0.207. The molecule has 2 aliphatic rings. The number of halogens is 1. The molecule has 0 unspecified atom stereocenters. The normalized spacial score (nSPS) is 20.4. The minimum Gasteiger partial charge on any atom is -0.299 e. The molecule has 0 aliphatic carbocycles. The lowest BCUT2D eigenvalue weighted by atomic mass is 10.0. The van der Waals surface area contributed by atoms with Gasteiger partial charge in [0.15, 0.2) is 0 Å². The zero-order valence-electron chi connectivity index (χ0n) is 14.7. The number of hydrogen-bond donors (Lipinski definition) is 0. The topological polar surface area (TPSA) is 43.9 Å². The maximum atomic E-state index is 12.9. The van der Waals surface area contributed by atoms with Crippen LogP contribution in [0.15, 0.2) is 48.5 Å². The smallest absolute Gasteiger partial charge is 0.299 e. The molecule has 2 aromatic rings. The SMILES string of the molecule is CN1c2ccccc2N(C2CCN(Cc3cccc(Cl)c3)CC2)S1(=O)=O. The molecule has 0 amide bonds. The summed E-state index contributed by atoms with van der Waals surface area (Å²) in [4.78, 5) is 2.36. The van der Waals surface area contributed by atoms with E-state index in [0.717, 1.165) is 48.9 Å². The van der Waals surface area contributed by atoms with Gasteiger partial charge in [-0.2, -0.15) is 8.42 Å². The second-order valence-corrected chi connectivity index (χ2v) is 9.17. The quantitative estimate of drug-likeness (QED) is 0.804. The fourth-order valence-electron chi connectivity index (χ4n) is 3.89. The largest absolute Gasteiger partial charge is 0.326 e. The minimum absolute atomic E-state index is 0.00158. The van der Waals surface area contributed by atoms with Crippen LogP contribution in [0.3, 0.4) is 0 Å². The zero-order chi connectivity index (χ0) is 18.3. The first-order valence-electron chi connectivity index (χ1n) is 8.81. The molecule has 0 atom stereocenters. The van der Waals surface area contributed by atoms with E-state index in [1.54, 1.807) is 11.4 Å². The van der Waals surface area contributed by atoms with Gasteiger partial charge in [0.25, 0.3) is 0 Å². The fourth-order valence-corrected chi connectivity index (χ4v) is 5.76. The summed E-state index contributed by atoms with van der Waals surface area (Å²) in [7, 11) is -1.85. The number of para-hydroxylation sites is 2. The van der Waals surface area contributed by atoms with Crippen molar-refractivity contribution in [1.29, 1.82) is 0 Å². The van der Waals surface area contributed by atoms with E-state index in [4.69, 9.17) is 11.6 Å². The molecule has 0 aromatic heterocycles. The highest BCUT2D eigenvalue weighted by Gasteiger charge is 2.42. The number of anilines is 2. The highest BCUT2D eigenvalue weighted by molar-refractivity contribution is 7.94. The molecular weight excluding hydrogens is 370 g/mol. The summed E-state index contributed by atoms with van der Waals surface area (Å²) in [6.07, 6.45) is 1.64. The van der Waals surface area contributed by atoms with Crippen molar-refractivity contribution in [2.24, 2.45) is 0 Å². The van der Waals surface area contributed by atoms with Crippen LogP contribution in [-0.2, 0) is 16.8 Å².